The van der Waals surface area contributed by atoms with Crippen molar-refractivity contribution in [1.29, 1.82) is 0 Å². The number of esters is 1. The van der Waals surface area contributed by atoms with Gasteiger partial charge in [-0.2, -0.15) is 4.98 Å². The largest absolute Gasteiger partial charge is 0.493 e. The van der Waals surface area contributed by atoms with Crippen LogP contribution in [0.3, 0.4) is 0 Å². The van der Waals surface area contributed by atoms with Crippen molar-refractivity contribution < 1.29 is 22.7 Å². The highest BCUT2D eigenvalue weighted by Gasteiger charge is 2.31. The van der Waals surface area contributed by atoms with Crippen LogP contribution in [0.4, 0.5) is 5.95 Å². The van der Waals surface area contributed by atoms with Gasteiger partial charge in [-0.15, -0.1) is 0 Å². The summed E-state index contributed by atoms with van der Waals surface area (Å²) in [6, 6.07) is 10.1. The molecular weight excluding hydrogens is 592 g/mol. The van der Waals surface area contributed by atoms with Gasteiger partial charge < -0.3 is 30.0 Å². The molecule has 3 N–H and O–H groups in total. The molecule has 1 aliphatic heterocycles. The average Bonchev–Trinajstić information content (AvgIpc) is 3.45. The van der Waals surface area contributed by atoms with E-state index in [0.717, 1.165) is 74.1 Å². The molecule has 0 spiro atoms. The van der Waals surface area contributed by atoms with Gasteiger partial charge in [0.1, 0.15) is 33.6 Å². The Balaban J connectivity index is 1.10. The molecule has 1 saturated carbocycles. The van der Waals surface area contributed by atoms with Gasteiger partial charge in [-0.1, -0.05) is 19.9 Å². The van der Waals surface area contributed by atoms with E-state index >= 15 is 0 Å². The quantitative estimate of drug-likeness (QED) is 0.205. The first-order chi connectivity index (χ1) is 21.6. The van der Waals surface area contributed by atoms with Gasteiger partial charge in [0, 0.05) is 49.2 Å². The lowest BCUT2D eigenvalue weighted by molar-refractivity contribution is -0.153. The molecule has 1 aromatic carbocycles. The Bertz CT molecular complexity index is 1530. The third-order valence-electron chi connectivity index (χ3n) is 8.83. The standard InChI is InChI=1S/C33H48N6O5S/c1-23(2)22-28(34)32(40)44-26-13-17-38(18-14-26)25-10-8-24(9-11-25)36-33-35-16-12-31(37-33)39-19-15-27-29(39)6-4-7-30(27)43-20-5-21-45(3,41)42/h4,6-7,12,15-16,19,23-26,28H,5,8-11,13-14,17-18,20-22,34H2,1-3H3,(H,35,36,37)/t24?,25?,28-/m0/s1. The number of anilines is 1. The van der Waals surface area contributed by atoms with Crippen molar-refractivity contribution in [2.45, 2.75) is 89.4 Å². The van der Waals surface area contributed by atoms with Gasteiger partial charge in [0.25, 0.3) is 0 Å². The summed E-state index contributed by atoms with van der Waals surface area (Å²) in [6.45, 7) is 6.36. The predicted octanol–water partition coefficient (Wildman–Crippen LogP) is 4.34. The molecule has 1 saturated heterocycles. The van der Waals surface area contributed by atoms with Crippen molar-refractivity contribution in [2.24, 2.45) is 11.7 Å². The zero-order valence-corrected chi connectivity index (χ0v) is 27.5. The summed E-state index contributed by atoms with van der Waals surface area (Å²) in [5.74, 6) is 2.32. The first-order valence-electron chi connectivity index (χ1n) is 16.3. The van der Waals surface area contributed by atoms with Gasteiger partial charge in [-0.3, -0.25) is 4.79 Å². The summed E-state index contributed by atoms with van der Waals surface area (Å²) < 4.78 is 36.5. The van der Waals surface area contributed by atoms with Gasteiger partial charge in [-0.05, 0) is 81.5 Å². The number of piperidine rings is 1. The lowest BCUT2D eigenvalue weighted by atomic mass is 9.89. The highest BCUT2D eigenvalue weighted by molar-refractivity contribution is 7.90. The number of likely N-dealkylation sites (tertiary alicyclic amines) is 1. The molecule has 45 heavy (non-hydrogen) atoms. The second kappa shape index (κ2) is 14.9. The van der Waals surface area contributed by atoms with Crippen LogP contribution in [0.1, 0.15) is 65.2 Å². The van der Waals surface area contributed by atoms with Gasteiger partial charge in [0.15, 0.2) is 0 Å². The fourth-order valence-corrected chi connectivity index (χ4v) is 7.15. The van der Waals surface area contributed by atoms with Crippen LogP contribution in [0.2, 0.25) is 0 Å². The molecule has 1 atom stereocenters. The maximum atomic E-state index is 12.3. The Morgan fingerprint density at radius 3 is 2.56 bits per heavy atom. The van der Waals surface area contributed by atoms with Gasteiger partial charge in [0.05, 0.1) is 17.9 Å². The number of benzene rings is 1. The van der Waals surface area contributed by atoms with E-state index in [0.29, 0.717) is 43.4 Å². The first kappa shape index (κ1) is 33.2. The molecular formula is C33H48N6O5S. The topological polar surface area (TPSA) is 142 Å². The summed E-state index contributed by atoms with van der Waals surface area (Å²) in [4.78, 5) is 24.2. The second-order valence-corrected chi connectivity index (χ2v) is 15.3. The van der Waals surface area contributed by atoms with E-state index in [9.17, 15) is 13.2 Å². The van der Waals surface area contributed by atoms with Crippen LogP contribution in [-0.2, 0) is 19.4 Å². The summed E-state index contributed by atoms with van der Waals surface area (Å²) in [5.41, 5.74) is 6.97. The molecule has 2 fully saturated rings. The Kier molecular flexibility index (Phi) is 11.0. The molecule has 5 rings (SSSR count). The number of carbonyl (C=O) groups is 1. The van der Waals surface area contributed by atoms with Crippen LogP contribution < -0.4 is 15.8 Å². The predicted molar refractivity (Wildman–Crippen MR) is 176 cm³/mol. The van der Waals surface area contributed by atoms with Crippen LogP contribution in [0.25, 0.3) is 16.7 Å². The summed E-state index contributed by atoms with van der Waals surface area (Å²) in [7, 11) is -3.01. The van der Waals surface area contributed by atoms with E-state index in [1.807, 2.05) is 41.1 Å². The minimum Gasteiger partial charge on any atom is -0.493 e. The van der Waals surface area contributed by atoms with Crippen molar-refractivity contribution in [3.05, 3.63) is 42.7 Å². The molecule has 12 heteroatoms. The Morgan fingerprint density at radius 2 is 1.84 bits per heavy atom. The van der Waals surface area contributed by atoms with E-state index in [-0.39, 0.29) is 17.8 Å². The summed E-state index contributed by atoms with van der Waals surface area (Å²) in [5, 5.41) is 4.51. The molecule has 0 radical (unpaired) electrons. The van der Waals surface area contributed by atoms with Crippen LogP contribution in [0.5, 0.6) is 5.75 Å². The second-order valence-electron chi connectivity index (χ2n) is 13.0. The third kappa shape index (κ3) is 9.17. The minimum absolute atomic E-state index is 0.0298. The number of ether oxygens (including phenoxy) is 2. The molecule has 0 amide bonds. The number of aromatic nitrogens is 3. The Labute approximate surface area is 266 Å². The monoisotopic (exact) mass is 640 g/mol. The van der Waals surface area contributed by atoms with E-state index in [4.69, 9.17) is 20.2 Å². The molecule has 246 valence electrons. The van der Waals surface area contributed by atoms with E-state index < -0.39 is 15.9 Å². The normalized spacial score (nSPS) is 20.7. The first-order valence-corrected chi connectivity index (χ1v) is 18.3. The SMILES string of the molecule is CC(C)C[C@H](N)C(=O)OC1CCN(C2CCC(Nc3nccc(-n4ccc5c(OCCCS(C)(=O)=O)cccc54)n3)CC2)CC1. The smallest absolute Gasteiger partial charge is 0.323 e. The zero-order valence-electron chi connectivity index (χ0n) is 26.7. The molecule has 1 aliphatic carbocycles. The number of rotatable bonds is 13. The zero-order chi connectivity index (χ0) is 32.0. The van der Waals surface area contributed by atoms with Crippen molar-refractivity contribution in [2.75, 3.05) is 37.0 Å². The molecule has 0 bridgehead atoms. The number of sulfone groups is 1. The van der Waals surface area contributed by atoms with Crippen molar-refractivity contribution >= 4 is 32.7 Å². The molecule has 3 heterocycles. The lowest BCUT2D eigenvalue weighted by Crippen LogP contribution is -2.47. The number of hydrogen-bond donors (Lipinski definition) is 2. The fourth-order valence-electron chi connectivity index (χ4n) is 6.50. The number of nitrogens with two attached hydrogens (primary N) is 1. The van der Waals surface area contributed by atoms with Crippen LogP contribution >= 0.6 is 0 Å². The highest BCUT2D eigenvalue weighted by Crippen LogP contribution is 2.30. The molecule has 0 unspecified atom stereocenters. The van der Waals surface area contributed by atoms with Crippen molar-refractivity contribution in [3.63, 3.8) is 0 Å². The average molecular weight is 641 g/mol. The van der Waals surface area contributed by atoms with Gasteiger partial charge >= 0.3 is 5.97 Å². The molecule has 11 nitrogen and oxygen atoms in total. The number of nitrogens with one attached hydrogen (secondary N) is 1. The van der Waals surface area contributed by atoms with Crippen molar-refractivity contribution in [1.82, 2.24) is 19.4 Å². The maximum absolute atomic E-state index is 12.3. The molecule has 3 aromatic rings. The maximum Gasteiger partial charge on any atom is 0.323 e. The van der Waals surface area contributed by atoms with Gasteiger partial charge in [-0.25, -0.2) is 13.4 Å². The van der Waals surface area contributed by atoms with Crippen LogP contribution in [0, 0.1) is 5.92 Å². The highest BCUT2D eigenvalue weighted by atomic mass is 32.2. The number of fused-ring (bicyclic) bond motifs is 1. The van der Waals surface area contributed by atoms with Gasteiger partial charge in [0.2, 0.25) is 5.95 Å². The van der Waals surface area contributed by atoms with Crippen molar-refractivity contribution in [3.8, 4) is 11.6 Å². The lowest BCUT2D eigenvalue weighted by Gasteiger charge is -2.40. The fraction of sp³-hybridized carbons (Fsp3) is 0.606. The molecule has 2 aliphatic rings. The molecule has 2 aromatic heterocycles. The van der Waals surface area contributed by atoms with E-state index in [1.165, 1.54) is 6.26 Å². The summed E-state index contributed by atoms with van der Waals surface area (Å²) in [6.07, 6.45) is 12.1. The number of nitrogens with zero attached hydrogens (tertiary/aromatic N) is 4. The Hall–Kier alpha value is -3.22. The number of hydrogen-bond acceptors (Lipinski definition) is 10. The Morgan fingerprint density at radius 1 is 1.09 bits per heavy atom. The van der Waals surface area contributed by atoms with E-state index in [2.05, 4.69) is 29.0 Å². The van der Waals surface area contributed by atoms with E-state index in [1.54, 1.807) is 6.20 Å². The summed E-state index contributed by atoms with van der Waals surface area (Å²) >= 11 is 0. The van der Waals surface area contributed by atoms with Crippen LogP contribution in [-0.4, -0.2) is 89.8 Å². The van der Waals surface area contributed by atoms with Crippen LogP contribution in [0.15, 0.2) is 42.7 Å². The number of carbonyl (C=O) groups excluding carboxylic acids is 1. The minimum atomic E-state index is -3.01. The third-order valence-corrected chi connectivity index (χ3v) is 9.86.